The summed E-state index contributed by atoms with van der Waals surface area (Å²) in [5, 5.41) is 2.34. The van der Waals surface area contributed by atoms with Gasteiger partial charge in [0.05, 0.1) is 5.69 Å². The lowest BCUT2D eigenvalue weighted by Gasteiger charge is -2.33. The highest BCUT2D eigenvalue weighted by atomic mass is 16.3. The Bertz CT molecular complexity index is 2600. The summed E-state index contributed by atoms with van der Waals surface area (Å²) in [6, 6.07) is 43.4. The van der Waals surface area contributed by atoms with E-state index >= 15 is 0 Å². The van der Waals surface area contributed by atoms with E-state index in [4.69, 9.17) is 4.42 Å². The van der Waals surface area contributed by atoms with Gasteiger partial charge in [0, 0.05) is 38.5 Å². The summed E-state index contributed by atoms with van der Waals surface area (Å²) in [5.41, 5.74) is 18.5. The minimum Gasteiger partial charge on any atom is -0.456 e. The monoisotopic (exact) mass is 679 g/mol. The number of hydrogen-bond acceptors (Lipinski definition) is 2. The van der Waals surface area contributed by atoms with Crippen LogP contribution in [0, 0.1) is 0 Å². The van der Waals surface area contributed by atoms with Gasteiger partial charge in [0.15, 0.2) is 0 Å². The Morgan fingerprint density at radius 2 is 1.10 bits per heavy atom. The average molecular weight is 680 g/mol. The molecule has 0 saturated carbocycles. The first-order valence-electron chi connectivity index (χ1n) is 18.9. The number of hydrogen-bond donors (Lipinski definition) is 0. The zero-order valence-electron chi connectivity index (χ0n) is 32.3. The lowest BCUT2D eigenvalue weighted by molar-refractivity contribution is 0.559. The van der Waals surface area contributed by atoms with Gasteiger partial charge < -0.3 is 9.32 Å². The molecule has 0 atom stereocenters. The first-order valence-corrected chi connectivity index (χ1v) is 18.9. The van der Waals surface area contributed by atoms with Crippen molar-refractivity contribution in [3.05, 3.63) is 149 Å². The highest BCUT2D eigenvalue weighted by Crippen LogP contribution is 2.56. The molecule has 0 radical (unpaired) electrons. The summed E-state index contributed by atoms with van der Waals surface area (Å²) >= 11 is 0. The Morgan fingerprint density at radius 1 is 0.500 bits per heavy atom. The van der Waals surface area contributed by atoms with Crippen LogP contribution < -0.4 is 4.90 Å². The first-order chi connectivity index (χ1) is 24.6. The molecule has 1 aromatic heterocycles. The Kier molecular flexibility index (Phi) is 6.77. The fourth-order valence-corrected chi connectivity index (χ4v) is 9.26. The predicted molar refractivity (Wildman–Crippen MR) is 221 cm³/mol. The van der Waals surface area contributed by atoms with Gasteiger partial charge in [-0.1, -0.05) is 142 Å². The maximum absolute atomic E-state index is 6.78. The van der Waals surface area contributed by atoms with Crippen LogP contribution in [0.25, 0.3) is 44.2 Å². The SMILES string of the molecule is CC(C)(C)c1cc(C(C)(C)C)c2oc3ccc(N(c4ccc5c(c4)C(C)(C)c4ccccc4-5)c4cccc5c4C(C)(C)c4ccccc4-5)cc3c2c1. The van der Waals surface area contributed by atoms with Gasteiger partial charge in [-0.05, 0) is 103 Å². The lowest BCUT2D eigenvalue weighted by atomic mass is 9.79. The summed E-state index contributed by atoms with van der Waals surface area (Å²) in [4.78, 5) is 2.52. The number of rotatable bonds is 3. The van der Waals surface area contributed by atoms with Crippen LogP contribution in [0.1, 0.15) is 103 Å². The molecule has 52 heavy (non-hydrogen) atoms. The summed E-state index contributed by atoms with van der Waals surface area (Å²) < 4.78 is 6.78. The van der Waals surface area contributed by atoms with Gasteiger partial charge in [-0.2, -0.15) is 0 Å². The number of anilines is 3. The van der Waals surface area contributed by atoms with E-state index in [1.54, 1.807) is 0 Å². The summed E-state index contributed by atoms with van der Waals surface area (Å²) in [5.74, 6) is 0. The maximum atomic E-state index is 6.78. The third-order valence-electron chi connectivity index (χ3n) is 12.1. The largest absolute Gasteiger partial charge is 0.456 e. The van der Waals surface area contributed by atoms with Crippen molar-refractivity contribution in [1.29, 1.82) is 0 Å². The topological polar surface area (TPSA) is 16.4 Å². The fraction of sp³-hybridized carbons (Fsp3) is 0.280. The van der Waals surface area contributed by atoms with Crippen LogP contribution in [-0.4, -0.2) is 0 Å². The van der Waals surface area contributed by atoms with Crippen LogP contribution in [0.2, 0.25) is 0 Å². The molecule has 7 aromatic rings. The van der Waals surface area contributed by atoms with E-state index in [9.17, 15) is 0 Å². The van der Waals surface area contributed by atoms with Gasteiger partial charge in [0.1, 0.15) is 11.2 Å². The molecule has 9 rings (SSSR count). The molecule has 0 aliphatic heterocycles. The van der Waals surface area contributed by atoms with Crippen LogP contribution in [0.4, 0.5) is 17.1 Å². The van der Waals surface area contributed by atoms with E-state index in [0.717, 1.165) is 27.9 Å². The van der Waals surface area contributed by atoms with Crippen LogP contribution in [-0.2, 0) is 21.7 Å². The fourth-order valence-electron chi connectivity index (χ4n) is 9.26. The van der Waals surface area contributed by atoms with Gasteiger partial charge in [-0.15, -0.1) is 0 Å². The molecule has 0 spiro atoms. The molecule has 2 aliphatic carbocycles. The number of fused-ring (bicyclic) bond motifs is 9. The number of benzene rings is 6. The molecule has 2 aliphatic rings. The van der Waals surface area contributed by atoms with E-state index in [2.05, 4.69) is 189 Å². The normalized spacial score (nSPS) is 15.4. The molecule has 2 nitrogen and oxygen atoms in total. The minimum atomic E-state index is -0.178. The summed E-state index contributed by atoms with van der Waals surface area (Å²) in [6.45, 7) is 23.3. The molecule has 1 heterocycles. The second kappa shape index (κ2) is 10.7. The third-order valence-corrected chi connectivity index (χ3v) is 12.1. The highest BCUT2D eigenvalue weighted by Gasteiger charge is 2.40. The van der Waals surface area contributed by atoms with Crippen molar-refractivity contribution in [1.82, 2.24) is 0 Å². The molecule has 0 unspecified atom stereocenters. The quantitative estimate of drug-likeness (QED) is 0.185. The first kappa shape index (κ1) is 32.8. The third kappa shape index (κ3) is 4.62. The van der Waals surface area contributed by atoms with Crippen molar-refractivity contribution < 1.29 is 4.42 Å². The molecule has 6 aromatic carbocycles. The van der Waals surface area contributed by atoms with E-state index in [0.29, 0.717) is 0 Å². The lowest BCUT2D eigenvalue weighted by Crippen LogP contribution is -2.21. The van der Waals surface area contributed by atoms with Crippen LogP contribution in [0.15, 0.2) is 120 Å². The van der Waals surface area contributed by atoms with Gasteiger partial charge >= 0.3 is 0 Å². The van der Waals surface area contributed by atoms with E-state index in [1.807, 2.05) is 0 Å². The molecule has 0 saturated heterocycles. The van der Waals surface area contributed by atoms with Crippen LogP contribution >= 0.6 is 0 Å². The van der Waals surface area contributed by atoms with Crippen molar-refractivity contribution in [2.45, 2.75) is 90.9 Å². The highest BCUT2D eigenvalue weighted by molar-refractivity contribution is 6.08. The molecule has 0 bridgehead atoms. The average Bonchev–Trinajstić information content (AvgIpc) is 3.67. The van der Waals surface area contributed by atoms with Crippen molar-refractivity contribution in [3.63, 3.8) is 0 Å². The number of nitrogens with zero attached hydrogens (tertiary/aromatic N) is 1. The standard InChI is InChI=1S/C50H49NO/c1-47(2,3)30-26-38-37-28-31(23-25-44(37)52-46(38)42(27-30)48(4,5)6)51(32-22-24-35-33-16-11-13-19-39(33)49(7,8)41(35)29-32)43-21-15-18-36-34-17-12-14-20-40(34)50(9,10)45(36)43/h11-29H,1-10H3. The van der Waals surface area contributed by atoms with Gasteiger partial charge in [-0.25, -0.2) is 0 Å². The molecular weight excluding hydrogens is 631 g/mol. The van der Waals surface area contributed by atoms with Crippen molar-refractivity contribution in [3.8, 4) is 22.3 Å². The second-order valence-corrected chi connectivity index (χ2v) is 18.3. The van der Waals surface area contributed by atoms with Crippen LogP contribution in [0.3, 0.4) is 0 Å². The van der Waals surface area contributed by atoms with Crippen molar-refractivity contribution in [2.24, 2.45) is 0 Å². The summed E-state index contributed by atoms with van der Waals surface area (Å²) in [7, 11) is 0. The molecule has 0 N–H and O–H groups in total. The van der Waals surface area contributed by atoms with Gasteiger partial charge in [0.2, 0.25) is 0 Å². The zero-order valence-corrected chi connectivity index (χ0v) is 32.3. The van der Waals surface area contributed by atoms with E-state index in [-0.39, 0.29) is 21.7 Å². The van der Waals surface area contributed by atoms with Crippen molar-refractivity contribution in [2.75, 3.05) is 4.90 Å². The van der Waals surface area contributed by atoms with E-state index < -0.39 is 0 Å². The van der Waals surface area contributed by atoms with Gasteiger partial charge in [-0.3, -0.25) is 0 Å². The molecular formula is C50H49NO. The Balaban J connectivity index is 1.33. The zero-order chi connectivity index (χ0) is 36.5. The Labute approximate surface area is 309 Å². The molecule has 0 amide bonds. The molecule has 0 fully saturated rings. The molecule has 260 valence electrons. The predicted octanol–water partition coefficient (Wildman–Crippen LogP) is 14.3. The summed E-state index contributed by atoms with van der Waals surface area (Å²) in [6.07, 6.45) is 0. The Morgan fingerprint density at radius 3 is 1.79 bits per heavy atom. The van der Waals surface area contributed by atoms with E-state index in [1.165, 1.54) is 66.7 Å². The second-order valence-electron chi connectivity index (χ2n) is 18.3. The minimum absolute atomic E-state index is 0.00140. The van der Waals surface area contributed by atoms with Crippen molar-refractivity contribution >= 4 is 39.0 Å². The van der Waals surface area contributed by atoms with Crippen LogP contribution in [0.5, 0.6) is 0 Å². The number of furan rings is 1. The smallest absolute Gasteiger partial charge is 0.139 e. The van der Waals surface area contributed by atoms with Gasteiger partial charge in [0.25, 0.3) is 0 Å². The molecule has 2 heteroatoms. The Hall–Kier alpha value is -5.08. The maximum Gasteiger partial charge on any atom is 0.139 e.